The molecule has 38 heavy (non-hydrogen) atoms. The zero-order chi connectivity index (χ0) is 27.5. The standard InChI is InChI=1S/C24H18Br2N4O8/c25-20-15-9-16(21(20)26)19-18(15)23(33)28(24(19)34)27(22(32)12-3-7-14(8-4-12)30(37)38)10-17(31)11-1-5-13(6-2-11)29(35)36/h1-8,15-16,18-21H,9-10H2/t15-,16-,18-,19-,20+,21+/m1/s1. The van der Waals surface area contributed by atoms with Crippen LogP contribution in [-0.4, -0.2) is 59.6 Å². The first kappa shape index (κ1) is 26.1. The van der Waals surface area contributed by atoms with Crippen LogP contribution in [0.15, 0.2) is 48.5 Å². The molecule has 2 aliphatic carbocycles. The van der Waals surface area contributed by atoms with Gasteiger partial charge in [-0.1, -0.05) is 31.9 Å². The molecule has 1 heterocycles. The Bertz CT molecular complexity index is 1350. The number of nitrogens with zero attached hydrogens (tertiary/aromatic N) is 4. The lowest BCUT2D eigenvalue weighted by atomic mass is 9.81. The first-order valence-electron chi connectivity index (χ1n) is 11.5. The molecule has 1 saturated heterocycles. The van der Waals surface area contributed by atoms with Crippen molar-refractivity contribution in [3.05, 3.63) is 79.9 Å². The summed E-state index contributed by atoms with van der Waals surface area (Å²) in [6.45, 7) is -0.699. The van der Waals surface area contributed by atoms with E-state index in [1.165, 1.54) is 24.3 Å². The SMILES string of the molecule is O=C(CN(C(=O)c1ccc([N+](=O)[O-])cc1)N1C(=O)[C@@H]2[C@H]3C[C@@H]([C@H](Br)[C@H]3Br)[C@H]2C1=O)c1ccc([N+](=O)[O-])cc1. The van der Waals surface area contributed by atoms with Crippen LogP contribution in [0, 0.1) is 43.9 Å². The van der Waals surface area contributed by atoms with Gasteiger partial charge in [-0.25, -0.2) is 5.01 Å². The molecule has 0 spiro atoms. The third kappa shape index (κ3) is 4.11. The van der Waals surface area contributed by atoms with Gasteiger partial charge in [0.05, 0.1) is 21.7 Å². The lowest BCUT2D eigenvalue weighted by Gasteiger charge is -2.30. The van der Waals surface area contributed by atoms with Crippen molar-refractivity contribution < 1.29 is 29.0 Å². The zero-order valence-corrected chi connectivity index (χ0v) is 22.5. The fraction of sp³-hybridized carbons (Fsp3) is 0.333. The Labute approximate surface area is 231 Å². The van der Waals surface area contributed by atoms with Crippen molar-refractivity contribution in [3.8, 4) is 0 Å². The minimum Gasteiger partial charge on any atom is -0.292 e. The maximum atomic E-state index is 13.6. The predicted octanol–water partition coefficient (Wildman–Crippen LogP) is 3.52. The van der Waals surface area contributed by atoms with Crippen LogP contribution in [0.5, 0.6) is 0 Å². The summed E-state index contributed by atoms with van der Waals surface area (Å²) in [5, 5.41) is 23.5. The summed E-state index contributed by atoms with van der Waals surface area (Å²) in [6, 6.07) is 9.30. The number of Topliss-reactive ketones (excluding diaryl/α,β-unsaturated/α-hetero) is 1. The van der Waals surface area contributed by atoms with Gasteiger partial charge in [0.2, 0.25) is 0 Å². The molecule has 12 nitrogen and oxygen atoms in total. The van der Waals surface area contributed by atoms with E-state index in [0.29, 0.717) is 6.42 Å². The minimum atomic E-state index is -0.866. The molecule has 3 amide bonds. The average molecular weight is 650 g/mol. The number of hydrogen-bond acceptors (Lipinski definition) is 8. The van der Waals surface area contributed by atoms with E-state index in [2.05, 4.69) is 31.9 Å². The number of hydrogen-bond donors (Lipinski definition) is 0. The van der Waals surface area contributed by atoms with Crippen molar-refractivity contribution in [2.24, 2.45) is 23.7 Å². The number of amides is 3. The van der Waals surface area contributed by atoms with Gasteiger partial charge in [-0.05, 0) is 42.5 Å². The number of rotatable bonds is 7. The fourth-order valence-electron chi connectivity index (χ4n) is 5.68. The zero-order valence-electron chi connectivity index (χ0n) is 19.3. The van der Waals surface area contributed by atoms with Crippen LogP contribution in [0.3, 0.4) is 0 Å². The minimum absolute atomic E-state index is 0.0361. The summed E-state index contributed by atoms with van der Waals surface area (Å²) in [7, 11) is 0. The molecule has 2 bridgehead atoms. The molecule has 196 valence electrons. The molecule has 2 aromatic carbocycles. The van der Waals surface area contributed by atoms with E-state index in [0.717, 1.165) is 34.3 Å². The number of alkyl halides is 2. The molecule has 0 aromatic heterocycles. The molecule has 3 fully saturated rings. The molecule has 2 aromatic rings. The maximum Gasteiger partial charge on any atom is 0.273 e. The largest absolute Gasteiger partial charge is 0.292 e. The molecule has 0 unspecified atom stereocenters. The summed E-state index contributed by atoms with van der Waals surface area (Å²) in [6.07, 6.45) is 0.671. The van der Waals surface area contributed by atoms with Crippen LogP contribution >= 0.6 is 31.9 Å². The highest BCUT2D eigenvalue weighted by Gasteiger charge is 2.67. The van der Waals surface area contributed by atoms with E-state index in [4.69, 9.17) is 0 Å². The third-order valence-corrected chi connectivity index (χ3v) is 10.7. The van der Waals surface area contributed by atoms with E-state index >= 15 is 0 Å². The van der Waals surface area contributed by atoms with Crippen molar-refractivity contribution in [1.82, 2.24) is 10.0 Å². The summed E-state index contributed by atoms with van der Waals surface area (Å²) < 4.78 is 0. The molecule has 3 aliphatic rings. The maximum absolute atomic E-state index is 13.6. The predicted molar refractivity (Wildman–Crippen MR) is 137 cm³/mol. The number of fused-ring (bicyclic) bond motifs is 5. The molecule has 0 radical (unpaired) electrons. The van der Waals surface area contributed by atoms with Crippen molar-refractivity contribution >= 4 is 66.7 Å². The second-order valence-corrected chi connectivity index (χ2v) is 11.5. The Morgan fingerprint density at radius 2 is 1.24 bits per heavy atom. The van der Waals surface area contributed by atoms with Crippen LogP contribution < -0.4 is 0 Å². The third-order valence-electron chi connectivity index (χ3n) is 7.46. The summed E-state index contributed by atoms with van der Waals surface area (Å²) in [4.78, 5) is 74.6. The number of carbonyl (C=O) groups excluding carboxylic acids is 4. The molecular weight excluding hydrogens is 632 g/mol. The van der Waals surface area contributed by atoms with Crippen molar-refractivity contribution in [1.29, 1.82) is 0 Å². The Morgan fingerprint density at radius 1 is 0.816 bits per heavy atom. The lowest BCUT2D eigenvalue weighted by Crippen LogP contribution is -2.52. The van der Waals surface area contributed by atoms with E-state index in [1.54, 1.807) is 0 Å². The fourth-order valence-corrected chi connectivity index (χ4v) is 7.55. The van der Waals surface area contributed by atoms with Crippen molar-refractivity contribution in [2.75, 3.05) is 6.54 Å². The van der Waals surface area contributed by atoms with Crippen molar-refractivity contribution in [2.45, 2.75) is 16.1 Å². The number of halogens is 2. The lowest BCUT2D eigenvalue weighted by molar-refractivity contribution is -0.385. The van der Waals surface area contributed by atoms with Crippen molar-refractivity contribution in [3.63, 3.8) is 0 Å². The number of non-ortho nitro benzene ring substituents is 2. The smallest absolute Gasteiger partial charge is 0.273 e. The van der Waals surface area contributed by atoms with Crippen LogP contribution in [0.4, 0.5) is 11.4 Å². The highest BCUT2D eigenvalue weighted by molar-refractivity contribution is 9.12. The molecule has 14 heteroatoms. The van der Waals surface area contributed by atoms with Crippen LogP contribution in [-0.2, 0) is 9.59 Å². The van der Waals surface area contributed by atoms with Crippen LogP contribution in [0.2, 0.25) is 0 Å². The first-order chi connectivity index (χ1) is 18.0. The quantitative estimate of drug-likeness (QED) is 0.145. The summed E-state index contributed by atoms with van der Waals surface area (Å²) in [5.74, 6) is -4.23. The van der Waals surface area contributed by atoms with Gasteiger partial charge in [0.1, 0.15) is 6.54 Å². The Hall–Kier alpha value is -3.52. The highest BCUT2D eigenvalue weighted by atomic mass is 79.9. The Kier molecular flexibility index (Phi) is 6.63. The highest BCUT2D eigenvalue weighted by Crippen LogP contribution is 2.60. The molecule has 2 saturated carbocycles. The van der Waals surface area contributed by atoms with Gasteiger partial charge < -0.3 is 0 Å². The topological polar surface area (TPSA) is 161 Å². The second-order valence-electron chi connectivity index (χ2n) is 9.39. The average Bonchev–Trinajstić information content (AvgIpc) is 3.51. The molecular formula is C24H18Br2N4O8. The Morgan fingerprint density at radius 3 is 1.66 bits per heavy atom. The molecule has 1 aliphatic heterocycles. The van der Waals surface area contributed by atoms with Gasteiger partial charge >= 0.3 is 0 Å². The van der Waals surface area contributed by atoms with Gasteiger partial charge in [0.25, 0.3) is 29.1 Å². The van der Waals surface area contributed by atoms with E-state index in [-0.39, 0.29) is 44.0 Å². The first-order valence-corrected chi connectivity index (χ1v) is 13.3. The monoisotopic (exact) mass is 648 g/mol. The molecule has 6 atom stereocenters. The number of ketones is 1. The number of nitro benzene ring substituents is 2. The van der Waals surface area contributed by atoms with Gasteiger partial charge in [0.15, 0.2) is 5.78 Å². The summed E-state index contributed by atoms with van der Waals surface area (Å²) >= 11 is 7.21. The van der Waals surface area contributed by atoms with Crippen LogP contribution in [0.1, 0.15) is 27.1 Å². The van der Waals surface area contributed by atoms with Gasteiger partial charge in [-0.2, -0.15) is 5.01 Å². The van der Waals surface area contributed by atoms with Gasteiger partial charge in [0, 0.05) is 45.0 Å². The number of hydrazine groups is 1. The molecule has 0 N–H and O–H groups in total. The van der Waals surface area contributed by atoms with E-state index in [9.17, 15) is 39.4 Å². The van der Waals surface area contributed by atoms with Crippen LogP contribution in [0.25, 0.3) is 0 Å². The van der Waals surface area contributed by atoms with Gasteiger partial charge in [-0.15, -0.1) is 0 Å². The number of benzene rings is 2. The Balaban J connectivity index is 1.49. The van der Waals surface area contributed by atoms with E-state index in [1.807, 2.05) is 0 Å². The van der Waals surface area contributed by atoms with Gasteiger partial charge in [-0.3, -0.25) is 39.4 Å². The second kappa shape index (κ2) is 9.66. The van der Waals surface area contributed by atoms with E-state index < -0.39 is 51.7 Å². The number of imide groups is 1. The number of nitro groups is 2. The number of carbonyl (C=O) groups is 4. The summed E-state index contributed by atoms with van der Waals surface area (Å²) in [5.41, 5.74) is -0.523. The normalized spacial score (nSPS) is 27.4. The molecule has 5 rings (SSSR count).